The molecule has 0 aliphatic heterocycles. The number of anilines is 1. The van der Waals surface area contributed by atoms with Crippen LogP contribution in [-0.4, -0.2) is 45.0 Å². The summed E-state index contributed by atoms with van der Waals surface area (Å²) in [6.45, 7) is -0.553. The molecule has 0 aliphatic carbocycles. The molecule has 2 aromatic rings. The number of nitrogens with zero attached hydrogens (tertiary/aromatic N) is 2. The zero-order valence-electron chi connectivity index (χ0n) is 14.5. The fourth-order valence-corrected chi connectivity index (χ4v) is 2.60. The number of nitro groups is 1. The van der Waals surface area contributed by atoms with Crippen LogP contribution in [0.3, 0.4) is 0 Å². The van der Waals surface area contributed by atoms with Crippen LogP contribution in [0.2, 0.25) is 0 Å². The van der Waals surface area contributed by atoms with Gasteiger partial charge in [-0.3, -0.25) is 19.2 Å². The van der Waals surface area contributed by atoms with Crippen LogP contribution in [0.4, 0.5) is 11.4 Å². The molecule has 0 amide bonds. The number of ketones is 1. The number of ether oxygens (including phenoxy) is 1. The summed E-state index contributed by atoms with van der Waals surface area (Å²) in [4.78, 5) is 34.1. The molecular formula is C17H16N2O7S. The van der Waals surface area contributed by atoms with Gasteiger partial charge in [-0.05, 0) is 30.3 Å². The topological polar surface area (TPSA) is 124 Å². The van der Waals surface area contributed by atoms with E-state index < -0.39 is 33.3 Å². The summed E-state index contributed by atoms with van der Waals surface area (Å²) in [5, 5.41) is 10.7. The molecule has 0 saturated heterocycles. The highest BCUT2D eigenvalue weighted by Gasteiger charge is 2.16. The highest BCUT2D eigenvalue weighted by molar-refractivity contribution is 7.92. The number of carbonyl (C=O) groups is 2. The molecule has 0 saturated carbocycles. The second-order valence-corrected chi connectivity index (χ2v) is 7.60. The van der Waals surface area contributed by atoms with Crippen LogP contribution in [-0.2, 0) is 14.8 Å². The van der Waals surface area contributed by atoms with Crippen LogP contribution < -0.4 is 4.31 Å². The molecule has 0 radical (unpaired) electrons. The number of rotatable bonds is 7. The zero-order chi connectivity index (χ0) is 20.2. The number of carbonyl (C=O) groups excluding carboxylic acids is 2. The Morgan fingerprint density at radius 3 is 2.30 bits per heavy atom. The van der Waals surface area contributed by atoms with Gasteiger partial charge in [-0.2, -0.15) is 0 Å². The summed E-state index contributed by atoms with van der Waals surface area (Å²) >= 11 is 0. The van der Waals surface area contributed by atoms with E-state index in [0.29, 0.717) is 5.69 Å². The van der Waals surface area contributed by atoms with Crippen molar-refractivity contribution in [1.29, 1.82) is 0 Å². The third-order valence-electron chi connectivity index (χ3n) is 3.68. The van der Waals surface area contributed by atoms with Crippen molar-refractivity contribution < 1.29 is 27.7 Å². The van der Waals surface area contributed by atoms with E-state index in [1.54, 1.807) is 0 Å². The molecule has 0 aliphatic rings. The lowest BCUT2D eigenvalue weighted by Crippen LogP contribution is -2.24. The molecule has 27 heavy (non-hydrogen) atoms. The van der Waals surface area contributed by atoms with Crippen molar-refractivity contribution in [2.45, 2.75) is 0 Å². The number of Topliss-reactive ketones (excluding diaryl/α,β-unsaturated/α-hetero) is 1. The van der Waals surface area contributed by atoms with Gasteiger partial charge in [0.2, 0.25) is 10.0 Å². The van der Waals surface area contributed by atoms with Gasteiger partial charge in [0.1, 0.15) is 0 Å². The van der Waals surface area contributed by atoms with E-state index in [4.69, 9.17) is 4.74 Å². The summed E-state index contributed by atoms with van der Waals surface area (Å²) < 4.78 is 28.9. The Morgan fingerprint density at radius 2 is 1.74 bits per heavy atom. The molecule has 0 aromatic heterocycles. The summed E-state index contributed by atoms with van der Waals surface area (Å²) in [7, 11) is -2.04. The van der Waals surface area contributed by atoms with Crippen molar-refractivity contribution in [1.82, 2.24) is 0 Å². The second-order valence-electron chi connectivity index (χ2n) is 5.58. The molecule has 0 atom stereocenters. The molecule has 0 spiro atoms. The third-order valence-corrected chi connectivity index (χ3v) is 4.88. The maximum Gasteiger partial charge on any atom is 0.338 e. The van der Waals surface area contributed by atoms with E-state index in [2.05, 4.69) is 0 Å². The third kappa shape index (κ3) is 5.11. The molecule has 142 valence electrons. The molecule has 0 N–H and O–H groups in total. The van der Waals surface area contributed by atoms with Crippen LogP contribution in [0.15, 0.2) is 48.5 Å². The maximum absolute atomic E-state index is 12.1. The number of benzene rings is 2. The number of hydrogen-bond donors (Lipinski definition) is 0. The fourth-order valence-electron chi connectivity index (χ4n) is 2.09. The summed E-state index contributed by atoms with van der Waals surface area (Å²) in [5.74, 6) is -1.36. The van der Waals surface area contributed by atoms with Gasteiger partial charge in [-0.25, -0.2) is 13.2 Å². The molecule has 2 aromatic carbocycles. The van der Waals surface area contributed by atoms with Crippen molar-refractivity contribution in [2.75, 3.05) is 24.2 Å². The molecule has 9 nitrogen and oxygen atoms in total. The average Bonchev–Trinajstić information content (AvgIpc) is 2.64. The van der Waals surface area contributed by atoms with Gasteiger partial charge in [0, 0.05) is 24.7 Å². The van der Waals surface area contributed by atoms with Crippen molar-refractivity contribution in [3.8, 4) is 0 Å². The number of non-ortho nitro benzene ring substituents is 1. The summed E-state index contributed by atoms with van der Waals surface area (Å²) in [5.41, 5.74) is 0.304. The van der Waals surface area contributed by atoms with Crippen LogP contribution in [0.5, 0.6) is 0 Å². The van der Waals surface area contributed by atoms with Gasteiger partial charge in [0.05, 0.1) is 22.4 Å². The van der Waals surface area contributed by atoms with Gasteiger partial charge in [0.15, 0.2) is 12.4 Å². The predicted octanol–water partition coefficient (Wildman–Crippen LogP) is 2.03. The largest absolute Gasteiger partial charge is 0.454 e. The Balaban J connectivity index is 2.02. The minimum atomic E-state index is -3.42. The standard InChI is InChI=1S/C17H16N2O7S/c1-18(27(2,24)25)14-8-6-12(7-9-14)16(20)11-26-17(21)13-4-3-5-15(10-13)19(22)23/h3-10H,11H2,1-2H3. The van der Waals surface area contributed by atoms with E-state index in [-0.39, 0.29) is 16.8 Å². The first kappa shape index (κ1) is 20.0. The number of esters is 1. The molecule has 2 rings (SSSR count). The van der Waals surface area contributed by atoms with Crippen molar-refractivity contribution >= 4 is 33.2 Å². The van der Waals surface area contributed by atoms with Gasteiger partial charge < -0.3 is 4.74 Å². The lowest BCUT2D eigenvalue weighted by molar-refractivity contribution is -0.384. The molecular weight excluding hydrogens is 376 g/mol. The number of nitro benzene ring substituents is 1. The Bertz CT molecular complexity index is 985. The fraction of sp³-hybridized carbons (Fsp3) is 0.176. The predicted molar refractivity (Wildman–Crippen MR) is 97.4 cm³/mol. The van der Waals surface area contributed by atoms with Crippen LogP contribution >= 0.6 is 0 Å². The minimum absolute atomic E-state index is 0.0397. The van der Waals surface area contributed by atoms with Crippen molar-refractivity contribution in [3.63, 3.8) is 0 Å². The monoisotopic (exact) mass is 392 g/mol. The van der Waals surface area contributed by atoms with E-state index in [1.807, 2.05) is 0 Å². The Labute approximate surface area is 155 Å². The van der Waals surface area contributed by atoms with Crippen LogP contribution in [0, 0.1) is 10.1 Å². The highest BCUT2D eigenvalue weighted by atomic mass is 32.2. The van der Waals surface area contributed by atoms with Crippen molar-refractivity contribution in [2.24, 2.45) is 0 Å². The lowest BCUT2D eigenvalue weighted by atomic mass is 10.1. The highest BCUT2D eigenvalue weighted by Crippen LogP contribution is 2.17. The van der Waals surface area contributed by atoms with E-state index in [0.717, 1.165) is 16.6 Å². The van der Waals surface area contributed by atoms with Gasteiger partial charge in [-0.15, -0.1) is 0 Å². The quantitative estimate of drug-likeness (QED) is 0.305. The van der Waals surface area contributed by atoms with Crippen LogP contribution in [0.1, 0.15) is 20.7 Å². The first-order chi connectivity index (χ1) is 12.6. The van der Waals surface area contributed by atoms with Crippen molar-refractivity contribution in [3.05, 3.63) is 69.8 Å². The van der Waals surface area contributed by atoms with Crippen LogP contribution in [0.25, 0.3) is 0 Å². The second kappa shape index (κ2) is 7.96. The first-order valence-electron chi connectivity index (χ1n) is 7.58. The molecule has 0 unspecified atom stereocenters. The summed E-state index contributed by atoms with van der Waals surface area (Å²) in [6, 6.07) is 10.7. The van der Waals surface area contributed by atoms with Gasteiger partial charge >= 0.3 is 5.97 Å². The minimum Gasteiger partial charge on any atom is -0.454 e. The zero-order valence-corrected chi connectivity index (χ0v) is 15.3. The SMILES string of the molecule is CN(c1ccc(C(=O)COC(=O)c2cccc([N+](=O)[O-])c2)cc1)S(C)(=O)=O. The molecule has 0 bridgehead atoms. The molecule has 10 heteroatoms. The Morgan fingerprint density at radius 1 is 1.11 bits per heavy atom. The lowest BCUT2D eigenvalue weighted by Gasteiger charge is -2.16. The smallest absolute Gasteiger partial charge is 0.338 e. The normalized spacial score (nSPS) is 10.9. The number of hydrogen-bond acceptors (Lipinski definition) is 7. The van der Waals surface area contributed by atoms with E-state index in [9.17, 15) is 28.1 Å². The molecule has 0 heterocycles. The summed E-state index contributed by atoms with van der Waals surface area (Å²) in [6.07, 6.45) is 1.05. The van der Waals surface area contributed by atoms with Gasteiger partial charge in [-0.1, -0.05) is 6.07 Å². The van der Waals surface area contributed by atoms with Gasteiger partial charge in [0.25, 0.3) is 5.69 Å². The average molecular weight is 392 g/mol. The Hall–Kier alpha value is -3.27. The van der Waals surface area contributed by atoms with E-state index >= 15 is 0 Å². The molecule has 0 fully saturated rings. The van der Waals surface area contributed by atoms with E-state index in [1.165, 1.54) is 49.5 Å². The Kier molecular flexibility index (Phi) is 5.91. The number of sulfonamides is 1. The first-order valence-corrected chi connectivity index (χ1v) is 9.43. The maximum atomic E-state index is 12.1.